The summed E-state index contributed by atoms with van der Waals surface area (Å²) in [7, 11) is 0. The molecule has 2 rings (SSSR count). The Kier molecular flexibility index (Phi) is 6.16. The summed E-state index contributed by atoms with van der Waals surface area (Å²) in [5.74, 6) is 0.449. The third kappa shape index (κ3) is 5.16. The summed E-state index contributed by atoms with van der Waals surface area (Å²) in [6, 6.07) is 5.81. The molecule has 1 saturated heterocycles. The molecule has 0 saturated carbocycles. The molecule has 21 heavy (non-hydrogen) atoms. The van der Waals surface area contributed by atoms with Crippen molar-refractivity contribution in [3.63, 3.8) is 0 Å². The molecule has 0 N–H and O–H groups in total. The van der Waals surface area contributed by atoms with E-state index in [0.29, 0.717) is 12.5 Å². The maximum absolute atomic E-state index is 5.55. The van der Waals surface area contributed by atoms with Crippen LogP contribution in [-0.4, -0.2) is 42.3 Å². The van der Waals surface area contributed by atoms with Crippen molar-refractivity contribution < 1.29 is 4.74 Å². The number of aromatic nitrogens is 1. The van der Waals surface area contributed by atoms with Gasteiger partial charge in [-0.15, -0.1) is 0 Å². The van der Waals surface area contributed by atoms with Gasteiger partial charge in [-0.2, -0.15) is 0 Å². The predicted molar refractivity (Wildman–Crippen MR) is 87.1 cm³/mol. The second-order valence-corrected chi connectivity index (χ2v) is 5.01. The van der Waals surface area contributed by atoms with Crippen LogP contribution < -0.4 is 0 Å². The van der Waals surface area contributed by atoms with Gasteiger partial charge >= 0.3 is 0 Å². The normalized spacial score (nSPS) is 16.5. The molecule has 1 fully saturated rings. The summed E-state index contributed by atoms with van der Waals surface area (Å²) in [6.45, 7) is 9.76. The minimum Gasteiger partial charge on any atom is -0.477 e. The van der Waals surface area contributed by atoms with Crippen LogP contribution >= 0.6 is 0 Å². The van der Waals surface area contributed by atoms with Crippen molar-refractivity contribution in [3.05, 3.63) is 48.6 Å². The molecule has 1 aliphatic heterocycles. The van der Waals surface area contributed by atoms with Gasteiger partial charge < -0.3 is 4.74 Å². The number of rotatable bonds is 7. The van der Waals surface area contributed by atoms with Crippen LogP contribution in [0, 0.1) is 0 Å². The molecule has 0 bridgehead atoms. The monoisotopic (exact) mass is 285 g/mol. The molecule has 112 valence electrons. The smallest absolute Gasteiger partial charge is 0.205 e. The van der Waals surface area contributed by atoms with Gasteiger partial charge in [0, 0.05) is 24.5 Å². The SMILES string of the molecule is C=C(/N=C\C(=C/C)c1ccccn1)OCCN1CCCC1. The fourth-order valence-electron chi connectivity index (χ4n) is 2.30. The maximum atomic E-state index is 5.55. The Labute approximate surface area is 126 Å². The zero-order chi connectivity index (χ0) is 14.9. The zero-order valence-electron chi connectivity index (χ0n) is 12.7. The van der Waals surface area contributed by atoms with Crippen molar-refractivity contribution in [2.24, 2.45) is 4.99 Å². The van der Waals surface area contributed by atoms with Gasteiger partial charge in [-0.3, -0.25) is 9.88 Å². The highest BCUT2D eigenvalue weighted by atomic mass is 16.5. The number of allylic oxidation sites excluding steroid dienone is 2. The van der Waals surface area contributed by atoms with Crippen molar-refractivity contribution in [2.75, 3.05) is 26.2 Å². The fourth-order valence-corrected chi connectivity index (χ4v) is 2.30. The minimum atomic E-state index is 0.449. The first kappa shape index (κ1) is 15.4. The molecule has 0 amide bonds. The Morgan fingerprint density at radius 1 is 1.43 bits per heavy atom. The molecule has 4 heteroatoms. The molecule has 1 aromatic rings. The number of pyridine rings is 1. The molecule has 0 unspecified atom stereocenters. The molecule has 2 heterocycles. The van der Waals surface area contributed by atoms with Crippen molar-refractivity contribution in [1.29, 1.82) is 0 Å². The maximum Gasteiger partial charge on any atom is 0.205 e. The molecule has 1 aliphatic rings. The number of nitrogens with zero attached hydrogens (tertiary/aromatic N) is 3. The first-order valence-electron chi connectivity index (χ1n) is 7.45. The van der Waals surface area contributed by atoms with Crippen LogP contribution in [0.5, 0.6) is 0 Å². The number of likely N-dealkylation sites (tertiary alicyclic amines) is 1. The lowest BCUT2D eigenvalue weighted by Crippen LogP contribution is -2.23. The van der Waals surface area contributed by atoms with Gasteiger partial charge in [-0.05, 0) is 51.6 Å². The molecule has 0 radical (unpaired) electrons. The van der Waals surface area contributed by atoms with E-state index in [1.807, 2.05) is 31.2 Å². The van der Waals surface area contributed by atoms with E-state index in [2.05, 4.69) is 21.5 Å². The van der Waals surface area contributed by atoms with E-state index in [1.165, 1.54) is 25.9 Å². The quantitative estimate of drug-likeness (QED) is 0.570. The minimum absolute atomic E-state index is 0.449. The van der Waals surface area contributed by atoms with Gasteiger partial charge in [0.15, 0.2) is 0 Å². The van der Waals surface area contributed by atoms with Gasteiger partial charge in [-0.25, -0.2) is 4.99 Å². The second-order valence-electron chi connectivity index (χ2n) is 5.01. The topological polar surface area (TPSA) is 37.7 Å². The van der Waals surface area contributed by atoms with Crippen LogP contribution in [-0.2, 0) is 4.74 Å². The van der Waals surface area contributed by atoms with Crippen LogP contribution in [0.15, 0.2) is 47.9 Å². The van der Waals surface area contributed by atoms with E-state index < -0.39 is 0 Å². The highest BCUT2D eigenvalue weighted by molar-refractivity contribution is 6.09. The van der Waals surface area contributed by atoms with Crippen molar-refractivity contribution in [1.82, 2.24) is 9.88 Å². The standard InChI is InChI=1S/C17H23N3O/c1-3-16(17-8-4-5-9-18-17)14-19-15(2)21-13-12-20-10-6-7-11-20/h3-5,8-9,14H,2,6-7,10-13H2,1H3/b16-3+,19-14-. The number of aliphatic imine (C=N–C) groups is 1. The summed E-state index contributed by atoms with van der Waals surface area (Å²) in [5, 5.41) is 0. The predicted octanol–water partition coefficient (Wildman–Crippen LogP) is 3.14. The summed E-state index contributed by atoms with van der Waals surface area (Å²) >= 11 is 0. The third-order valence-electron chi connectivity index (χ3n) is 3.49. The highest BCUT2D eigenvalue weighted by Crippen LogP contribution is 2.10. The molecule has 0 spiro atoms. The van der Waals surface area contributed by atoms with Crippen molar-refractivity contribution >= 4 is 11.8 Å². The van der Waals surface area contributed by atoms with Crippen molar-refractivity contribution in [3.8, 4) is 0 Å². The molecule has 0 atom stereocenters. The number of ether oxygens (including phenoxy) is 1. The van der Waals surface area contributed by atoms with Crippen LogP contribution in [0.4, 0.5) is 0 Å². The lowest BCUT2D eigenvalue weighted by atomic mass is 10.2. The fraction of sp³-hybridized carbons (Fsp3) is 0.412. The van der Waals surface area contributed by atoms with E-state index in [0.717, 1.165) is 17.8 Å². The summed E-state index contributed by atoms with van der Waals surface area (Å²) in [6.07, 6.45) is 8.10. The van der Waals surface area contributed by atoms with E-state index in [4.69, 9.17) is 4.74 Å². The van der Waals surface area contributed by atoms with E-state index >= 15 is 0 Å². The molecule has 0 aliphatic carbocycles. The third-order valence-corrected chi connectivity index (χ3v) is 3.49. The average Bonchev–Trinajstić information content (AvgIpc) is 3.02. The summed E-state index contributed by atoms with van der Waals surface area (Å²) in [5.41, 5.74) is 1.86. The van der Waals surface area contributed by atoms with Crippen LogP contribution in [0.2, 0.25) is 0 Å². The number of hydrogen-bond donors (Lipinski definition) is 0. The Balaban J connectivity index is 1.78. The molecule has 0 aromatic carbocycles. The molecular weight excluding hydrogens is 262 g/mol. The Morgan fingerprint density at radius 3 is 2.90 bits per heavy atom. The molecular formula is C17H23N3O. The van der Waals surface area contributed by atoms with Gasteiger partial charge in [-0.1, -0.05) is 12.1 Å². The average molecular weight is 285 g/mol. The first-order valence-corrected chi connectivity index (χ1v) is 7.45. The van der Waals surface area contributed by atoms with Crippen LogP contribution in [0.3, 0.4) is 0 Å². The Bertz CT molecular complexity index is 502. The van der Waals surface area contributed by atoms with Gasteiger partial charge in [0.25, 0.3) is 0 Å². The van der Waals surface area contributed by atoms with Crippen LogP contribution in [0.1, 0.15) is 25.5 Å². The number of hydrogen-bond acceptors (Lipinski definition) is 4. The van der Waals surface area contributed by atoms with Crippen LogP contribution in [0.25, 0.3) is 5.57 Å². The van der Waals surface area contributed by atoms with Crippen molar-refractivity contribution in [2.45, 2.75) is 19.8 Å². The van der Waals surface area contributed by atoms with Gasteiger partial charge in [0.05, 0.1) is 5.69 Å². The van der Waals surface area contributed by atoms with E-state index in [-0.39, 0.29) is 0 Å². The summed E-state index contributed by atoms with van der Waals surface area (Å²) in [4.78, 5) is 11.0. The first-order chi connectivity index (χ1) is 10.3. The second kappa shape index (κ2) is 8.37. The molecule has 4 nitrogen and oxygen atoms in total. The lowest BCUT2D eigenvalue weighted by Gasteiger charge is -2.14. The zero-order valence-corrected chi connectivity index (χ0v) is 12.7. The lowest BCUT2D eigenvalue weighted by molar-refractivity contribution is 0.171. The van der Waals surface area contributed by atoms with E-state index in [1.54, 1.807) is 12.4 Å². The van der Waals surface area contributed by atoms with Gasteiger partial charge in [0.2, 0.25) is 5.88 Å². The van der Waals surface area contributed by atoms with E-state index in [9.17, 15) is 0 Å². The Hall–Kier alpha value is -1.94. The summed E-state index contributed by atoms with van der Waals surface area (Å²) < 4.78 is 5.55. The Morgan fingerprint density at radius 2 is 2.24 bits per heavy atom. The largest absolute Gasteiger partial charge is 0.477 e. The van der Waals surface area contributed by atoms with Gasteiger partial charge in [0.1, 0.15) is 6.61 Å². The molecule has 1 aromatic heterocycles. The highest BCUT2D eigenvalue weighted by Gasteiger charge is 2.10.